The zero-order valence-electron chi connectivity index (χ0n) is 15.2. The Morgan fingerprint density at radius 3 is 2.68 bits per heavy atom. The van der Waals surface area contributed by atoms with Crippen molar-refractivity contribution in [2.45, 2.75) is 57.7 Å². The van der Waals surface area contributed by atoms with Gasteiger partial charge in [-0.2, -0.15) is 5.10 Å². The van der Waals surface area contributed by atoms with Gasteiger partial charge >= 0.3 is 0 Å². The lowest BCUT2D eigenvalue weighted by Crippen LogP contribution is -2.36. The maximum Gasteiger partial charge on any atom is 0.257 e. The lowest BCUT2D eigenvalue weighted by Gasteiger charge is -2.26. The molecule has 1 N–H and O–H groups in total. The van der Waals surface area contributed by atoms with Gasteiger partial charge in [-0.25, -0.2) is 0 Å². The number of nitrogens with zero attached hydrogens (tertiary/aromatic N) is 3. The third kappa shape index (κ3) is 3.93. The minimum atomic E-state index is -0.545. The summed E-state index contributed by atoms with van der Waals surface area (Å²) in [6, 6.07) is 9.72. The molecule has 0 aliphatic carbocycles. The standard InChI is InChI=1S/C20H27N3O2/c1-20(2,3)23-14-16(13-21-23)19(25)22-11-7-10-17(22)12-18(24)15-8-5-4-6-9-15/h4-6,8-9,13-14,17-18,24H,7,10-12H2,1-3H3. The fraction of sp³-hybridized carbons (Fsp3) is 0.500. The topological polar surface area (TPSA) is 58.4 Å². The molecule has 5 heteroatoms. The highest BCUT2D eigenvalue weighted by Gasteiger charge is 2.32. The summed E-state index contributed by atoms with van der Waals surface area (Å²) in [7, 11) is 0. The Morgan fingerprint density at radius 2 is 2.04 bits per heavy atom. The van der Waals surface area contributed by atoms with Crippen molar-refractivity contribution in [3.05, 3.63) is 53.9 Å². The second kappa shape index (κ2) is 7.00. The van der Waals surface area contributed by atoms with Gasteiger partial charge < -0.3 is 10.0 Å². The first-order chi connectivity index (χ1) is 11.9. The molecule has 2 aromatic rings. The van der Waals surface area contributed by atoms with Crippen molar-refractivity contribution < 1.29 is 9.90 Å². The molecule has 1 aliphatic heterocycles. The molecule has 1 saturated heterocycles. The maximum absolute atomic E-state index is 12.9. The number of amides is 1. The zero-order valence-corrected chi connectivity index (χ0v) is 15.2. The molecule has 1 fully saturated rings. The number of carbonyl (C=O) groups excluding carboxylic acids is 1. The Labute approximate surface area is 149 Å². The summed E-state index contributed by atoms with van der Waals surface area (Å²) in [5.41, 5.74) is 1.38. The molecule has 2 atom stereocenters. The normalized spacial score (nSPS) is 19.2. The van der Waals surface area contributed by atoms with Gasteiger partial charge in [0, 0.05) is 18.8 Å². The van der Waals surface area contributed by atoms with E-state index in [0.717, 1.165) is 24.9 Å². The molecule has 3 rings (SSSR count). The van der Waals surface area contributed by atoms with Gasteiger partial charge in [-0.05, 0) is 45.6 Å². The molecule has 0 saturated carbocycles. The van der Waals surface area contributed by atoms with Gasteiger partial charge in [-0.1, -0.05) is 30.3 Å². The number of carbonyl (C=O) groups is 1. The summed E-state index contributed by atoms with van der Waals surface area (Å²) in [4.78, 5) is 14.8. The van der Waals surface area contributed by atoms with Crippen molar-refractivity contribution in [3.8, 4) is 0 Å². The molecule has 1 aromatic heterocycles. The summed E-state index contributed by atoms with van der Waals surface area (Å²) in [5, 5.41) is 14.8. The van der Waals surface area contributed by atoms with Crippen LogP contribution in [0.25, 0.3) is 0 Å². The summed E-state index contributed by atoms with van der Waals surface area (Å²) >= 11 is 0. The van der Waals surface area contributed by atoms with Gasteiger partial charge in [-0.3, -0.25) is 9.48 Å². The van der Waals surface area contributed by atoms with E-state index < -0.39 is 6.10 Å². The van der Waals surface area contributed by atoms with E-state index in [1.165, 1.54) is 0 Å². The molecule has 2 heterocycles. The van der Waals surface area contributed by atoms with Crippen LogP contribution in [0.5, 0.6) is 0 Å². The number of hydrogen-bond acceptors (Lipinski definition) is 3. The van der Waals surface area contributed by atoms with Crippen LogP contribution in [0.1, 0.15) is 62.1 Å². The van der Waals surface area contributed by atoms with Crippen molar-refractivity contribution >= 4 is 5.91 Å². The van der Waals surface area contributed by atoms with E-state index >= 15 is 0 Å². The number of benzene rings is 1. The number of hydrogen-bond donors (Lipinski definition) is 1. The average Bonchev–Trinajstić information content (AvgIpc) is 3.24. The molecular weight excluding hydrogens is 314 g/mol. The average molecular weight is 341 g/mol. The number of likely N-dealkylation sites (tertiary alicyclic amines) is 1. The second-order valence-electron chi connectivity index (χ2n) is 7.80. The SMILES string of the molecule is CC(C)(C)n1cc(C(=O)N2CCCC2CC(O)c2ccccc2)cn1. The van der Waals surface area contributed by atoms with Crippen LogP contribution in [-0.4, -0.2) is 38.3 Å². The summed E-state index contributed by atoms with van der Waals surface area (Å²) in [5.74, 6) is 0.0123. The predicted octanol–water partition coefficient (Wildman–Crippen LogP) is 3.37. The molecule has 5 nitrogen and oxygen atoms in total. The first kappa shape index (κ1) is 17.7. The van der Waals surface area contributed by atoms with Crippen molar-refractivity contribution in [3.63, 3.8) is 0 Å². The molecule has 2 unspecified atom stereocenters. The summed E-state index contributed by atoms with van der Waals surface area (Å²) in [6.07, 6.45) is 5.41. The van der Waals surface area contributed by atoms with Crippen LogP contribution in [0.3, 0.4) is 0 Å². The summed E-state index contributed by atoms with van der Waals surface area (Å²) < 4.78 is 1.82. The molecule has 0 bridgehead atoms. The Kier molecular flexibility index (Phi) is 4.95. The largest absolute Gasteiger partial charge is 0.388 e. The van der Waals surface area contributed by atoms with Crippen LogP contribution >= 0.6 is 0 Å². The number of aromatic nitrogens is 2. The zero-order chi connectivity index (χ0) is 18.0. The van der Waals surface area contributed by atoms with E-state index in [2.05, 4.69) is 25.9 Å². The fourth-order valence-corrected chi connectivity index (χ4v) is 3.38. The van der Waals surface area contributed by atoms with Gasteiger partial charge in [0.05, 0.1) is 23.4 Å². The molecule has 25 heavy (non-hydrogen) atoms. The van der Waals surface area contributed by atoms with Crippen LogP contribution in [0.4, 0.5) is 0 Å². The molecular formula is C20H27N3O2. The number of rotatable bonds is 4. The van der Waals surface area contributed by atoms with Gasteiger partial charge in [0.1, 0.15) is 0 Å². The Hall–Kier alpha value is -2.14. The molecule has 0 spiro atoms. The highest BCUT2D eigenvalue weighted by Crippen LogP contribution is 2.28. The lowest BCUT2D eigenvalue weighted by molar-refractivity contribution is 0.0667. The number of aliphatic hydroxyl groups excluding tert-OH is 1. The van der Waals surface area contributed by atoms with Crippen molar-refractivity contribution in [1.29, 1.82) is 0 Å². The molecule has 1 amide bonds. The van der Waals surface area contributed by atoms with E-state index in [1.807, 2.05) is 46.1 Å². The predicted molar refractivity (Wildman–Crippen MR) is 97.3 cm³/mol. The van der Waals surface area contributed by atoms with Gasteiger partial charge in [0.15, 0.2) is 0 Å². The van der Waals surface area contributed by atoms with Gasteiger partial charge in [0.2, 0.25) is 0 Å². The minimum absolute atomic E-state index is 0.0123. The Bertz CT molecular complexity index is 718. The molecule has 0 radical (unpaired) electrons. The quantitative estimate of drug-likeness (QED) is 0.927. The lowest BCUT2D eigenvalue weighted by atomic mass is 10.0. The number of aliphatic hydroxyl groups is 1. The van der Waals surface area contributed by atoms with Crippen LogP contribution in [0.15, 0.2) is 42.7 Å². The maximum atomic E-state index is 12.9. The Balaban J connectivity index is 1.71. The molecule has 134 valence electrons. The second-order valence-corrected chi connectivity index (χ2v) is 7.80. The first-order valence-electron chi connectivity index (χ1n) is 8.95. The molecule has 1 aromatic carbocycles. The van der Waals surface area contributed by atoms with E-state index in [9.17, 15) is 9.90 Å². The third-order valence-corrected chi connectivity index (χ3v) is 4.83. The minimum Gasteiger partial charge on any atom is -0.388 e. The van der Waals surface area contributed by atoms with Crippen LogP contribution in [0.2, 0.25) is 0 Å². The van der Waals surface area contributed by atoms with E-state index in [-0.39, 0.29) is 17.5 Å². The van der Waals surface area contributed by atoms with Gasteiger partial charge in [-0.15, -0.1) is 0 Å². The van der Waals surface area contributed by atoms with Crippen molar-refractivity contribution in [2.75, 3.05) is 6.54 Å². The van der Waals surface area contributed by atoms with Gasteiger partial charge in [0.25, 0.3) is 5.91 Å². The van der Waals surface area contributed by atoms with Crippen molar-refractivity contribution in [1.82, 2.24) is 14.7 Å². The smallest absolute Gasteiger partial charge is 0.257 e. The van der Waals surface area contributed by atoms with E-state index in [0.29, 0.717) is 12.0 Å². The summed E-state index contributed by atoms with van der Waals surface area (Å²) in [6.45, 7) is 6.92. The van der Waals surface area contributed by atoms with E-state index in [4.69, 9.17) is 0 Å². The van der Waals surface area contributed by atoms with Crippen LogP contribution in [0, 0.1) is 0 Å². The van der Waals surface area contributed by atoms with Crippen LogP contribution < -0.4 is 0 Å². The Morgan fingerprint density at radius 1 is 1.32 bits per heavy atom. The molecule has 1 aliphatic rings. The van der Waals surface area contributed by atoms with Crippen LogP contribution in [-0.2, 0) is 5.54 Å². The highest BCUT2D eigenvalue weighted by molar-refractivity contribution is 5.94. The highest BCUT2D eigenvalue weighted by atomic mass is 16.3. The first-order valence-corrected chi connectivity index (χ1v) is 8.95. The monoisotopic (exact) mass is 341 g/mol. The third-order valence-electron chi connectivity index (χ3n) is 4.83. The fourth-order valence-electron chi connectivity index (χ4n) is 3.38. The van der Waals surface area contributed by atoms with Crippen molar-refractivity contribution in [2.24, 2.45) is 0 Å². The van der Waals surface area contributed by atoms with E-state index in [1.54, 1.807) is 6.20 Å².